The molecule has 6 nitrogen and oxygen atoms in total. The highest BCUT2D eigenvalue weighted by molar-refractivity contribution is 7.23. The van der Waals surface area contributed by atoms with Crippen LogP contribution < -0.4 is 15.4 Å². The van der Waals surface area contributed by atoms with E-state index in [0.29, 0.717) is 23.6 Å². The van der Waals surface area contributed by atoms with Crippen molar-refractivity contribution in [2.45, 2.75) is 19.4 Å². The number of thiophene rings is 1. The first-order valence-corrected chi connectivity index (χ1v) is 13.6. The van der Waals surface area contributed by atoms with E-state index in [-0.39, 0.29) is 60.3 Å². The van der Waals surface area contributed by atoms with Crippen molar-refractivity contribution in [3.63, 3.8) is 0 Å². The number of fused-ring (bicyclic) bond motifs is 1. The molecule has 0 amide bonds. The first-order chi connectivity index (χ1) is 18.7. The maximum atomic E-state index is 16.4. The number of benzene rings is 2. The number of nitriles is 1. The lowest BCUT2D eigenvalue weighted by molar-refractivity contribution is 0.135. The Morgan fingerprint density at radius 3 is 2.85 bits per heavy atom. The molecule has 0 spiro atoms. The van der Waals surface area contributed by atoms with Gasteiger partial charge in [0, 0.05) is 35.7 Å². The summed E-state index contributed by atoms with van der Waals surface area (Å²) in [5.41, 5.74) is 8.91. The van der Waals surface area contributed by atoms with E-state index in [0.717, 1.165) is 36.5 Å². The molecule has 10 heteroatoms. The summed E-state index contributed by atoms with van der Waals surface area (Å²) in [5.74, 6) is -0.804. The van der Waals surface area contributed by atoms with Crippen LogP contribution in [0.1, 0.15) is 18.9 Å². The van der Waals surface area contributed by atoms with Crippen molar-refractivity contribution in [3.8, 4) is 22.9 Å². The van der Waals surface area contributed by atoms with Crippen LogP contribution in [0.25, 0.3) is 21.2 Å². The van der Waals surface area contributed by atoms with Crippen LogP contribution in [0.2, 0.25) is 5.02 Å². The minimum atomic E-state index is -0.687. The van der Waals surface area contributed by atoms with Gasteiger partial charge >= 0.3 is 0 Å². The summed E-state index contributed by atoms with van der Waals surface area (Å²) in [4.78, 5) is 8.62. The van der Waals surface area contributed by atoms with Gasteiger partial charge < -0.3 is 20.3 Å². The Bertz CT molecular complexity index is 1700. The number of hydrogen-bond donors (Lipinski definition) is 1. The normalized spacial score (nSPS) is 20.0. The smallest absolute Gasteiger partial charge is 0.165 e. The Hall–Kier alpha value is -3.87. The molecule has 3 aromatic rings. The van der Waals surface area contributed by atoms with Gasteiger partial charge in [0.15, 0.2) is 11.6 Å². The van der Waals surface area contributed by atoms with Crippen LogP contribution in [0, 0.1) is 28.9 Å². The predicted octanol–water partition coefficient (Wildman–Crippen LogP) is 7.16. The molecular weight excluding hydrogens is 540 g/mol. The van der Waals surface area contributed by atoms with Gasteiger partial charge in [-0.3, -0.25) is 0 Å². The summed E-state index contributed by atoms with van der Waals surface area (Å²) >= 11 is 7.91. The average molecular weight is 564 g/mol. The Morgan fingerprint density at radius 1 is 1.36 bits per heavy atom. The van der Waals surface area contributed by atoms with Crippen molar-refractivity contribution >= 4 is 55.1 Å². The topological polar surface area (TPSA) is 77.9 Å². The molecule has 6 rings (SSSR count). The number of allylic oxidation sites excluding steroid dienone is 2. The molecule has 0 bridgehead atoms. The third kappa shape index (κ3) is 3.66. The van der Waals surface area contributed by atoms with Gasteiger partial charge in [-0.2, -0.15) is 5.26 Å². The van der Waals surface area contributed by atoms with Crippen molar-refractivity contribution in [1.29, 1.82) is 5.26 Å². The van der Waals surface area contributed by atoms with Crippen LogP contribution in [0.15, 0.2) is 54.3 Å². The fourth-order valence-electron chi connectivity index (χ4n) is 5.71. The maximum Gasteiger partial charge on any atom is 0.165 e. The van der Waals surface area contributed by atoms with Crippen molar-refractivity contribution in [2.75, 3.05) is 30.3 Å². The van der Waals surface area contributed by atoms with E-state index >= 15 is 4.39 Å². The number of nitrogens with two attached hydrogens (primary N) is 1. The number of likely N-dealkylation sites (tertiary alicyclic amines) is 1. The number of aliphatic imine (C=N–C) groups is 1. The molecule has 2 aromatic carbocycles. The number of halogens is 3. The van der Waals surface area contributed by atoms with Crippen LogP contribution in [-0.4, -0.2) is 36.3 Å². The van der Waals surface area contributed by atoms with Crippen LogP contribution in [0.3, 0.4) is 0 Å². The van der Waals surface area contributed by atoms with E-state index in [1.807, 2.05) is 11.0 Å². The molecule has 1 fully saturated rings. The SMILES string of the molecule is C=CC(=C)N1CCC(C2CN3C(=C)C(C)=Nc4c(F)c(-c5ccc(F)c6sc(N)c(C#N)c56)c(Cl)c(c43)O2)C1. The van der Waals surface area contributed by atoms with Gasteiger partial charge in [-0.25, -0.2) is 13.8 Å². The van der Waals surface area contributed by atoms with Crippen molar-refractivity contribution in [2.24, 2.45) is 10.9 Å². The molecule has 0 saturated carbocycles. The van der Waals surface area contributed by atoms with E-state index in [2.05, 4.69) is 29.6 Å². The van der Waals surface area contributed by atoms with Crippen LogP contribution >= 0.6 is 22.9 Å². The number of nitrogen functional groups attached to an aromatic ring is 1. The molecule has 2 unspecified atom stereocenters. The molecule has 1 saturated heterocycles. The molecule has 2 atom stereocenters. The highest BCUT2D eigenvalue weighted by Gasteiger charge is 2.42. The second kappa shape index (κ2) is 9.11. The Kier molecular flexibility index (Phi) is 5.93. The summed E-state index contributed by atoms with van der Waals surface area (Å²) in [6, 6.07) is 4.68. The highest BCUT2D eigenvalue weighted by Crippen LogP contribution is 2.56. The predicted molar refractivity (Wildman–Crippen MR) is 154 cm³/mol. The Balaban J connectivity index is 1.56. The van der Waals surface area contributed by atoms with Crippen molar-refractivity contribution in [3.05, 3.63) is 71.6 Å². The van der Waals surface area contributed by atoms with Crippen LogP contribution in [-0.2, 0) is 0 Å². The van der Waals surface area contributed by atoms with Crippen molar-refractivity contribution < 1.29 is 13.5 Å². The lowest BCUT2D eigenvalue weighted by Crippen LogP contribution is -2.46. The summed E-state index contributed by atoms with van der Waals surface area (Å²) in [7, 11) is 0. The molecule has 0 radical (unpaired) electrons. The zero-order chi connectivity index (χ0) is 27.7. The van der Waals surface area contributed by atoms with Gasteiger partial charge in [0.05, 0.1) is 33.2 Å². The summed E-state index contributed by atoms with van der Waals surface area (Å²) < 4.78 is 37.9. The van der Waals surface area contributed by atoms with E-state index in [4.69, 9.17) is 22.1 Å². The van der Waals surface area contributed by atoms with Gasteiger partial charge in [-0.05, 0) is 31.1 Å². The molecule has 3 aliphatic heterocycles. The molecule has 0 aliphatic carbocycles. The Labute approximate surface area is 233 Å². The first-order valence-electron chi connectivity index (χ1n) is 12.4. The van der Waals surface area contributed by atoms with Gasteiger partial charge in [0.1, 0.15) is 34.4 Å². The first kappa shape index (κ1) is 25.4. The molecule has 198 valence electrons. The van der Waals surface area contributed by atoms with Crippen molar-refractivity contribution in [1.82, 2.24) is 4.90 Å². The van der Waals surface area contributed by atoms with Gasteiger partial charge in [0.2, 0.25) is 0 Å². The monoisotopic (exact) mass is 563 g/mol. The van der Waals surface area contributed by atoms with E-state index in [9.17, 15) is 9.65 Å². The molecule has 1 aromatic heterocycles. The fraction of sp³-hybridized carbons (Fsp3) is 0.241. The van der Waals surface area contributed by atoms with Gasteiger partial charge in [0.25, 0.3) is 0 Å². The lowest BCUT2D eigenvalue weighted by Gasteiger charge is -2.42. The third-order valence-electron chi connectivity index (χ3n) is 7.80. The zero-order valence-electron chi connectivity index (χ0n) is 21.2. The number of anilines is 2. The standard InChI is InChI=1S/C29H24ClF2N5OS/c1-5-13(2)36-9-8-16(11-36)20-12-37-15(4)14(3)35-25-24(32)22(23(30)27(38-20)26(25)37)17-6-7-19(31)28-21(17)18(10-33)29(34)39-28/h5-7,16,20H,1-2,4,8-9,11-12,34H2,3H3. The molecule has 39 heavy (non-hydrogen) atoms. The lowest BCUT2D eigenvalue weighted by atomic mass is 9.93. The second-order valence-corrected chi connectivity index (χ2v) is 11.3. The average Bonchev–Trinajstić information content (AvgIpc) is 3.55. The molecule has 3 aliphatic rings. The minimum absolute atomic E-state index is 0.0116. The minimum Gasteiger partial charge on any atom is -0.484 e. The highest BCUT2D eigenvalue weighted by atomic mass is 35.5. The molecular formula is C29H24ClF2N5OS. The molecule has 2 N–H and O–H groups in total. The number of nitrogens with zero attached hydrogens (tertiary/aromatic N) is 4. The van der Waals surface area contributed by atoms with Crippen LogP contribution in [0.4, 0.5) is 25.2 Å². The quantitative estimate of drug-likeness (QED) is 0.341. The summed E-state index contributed by atoms with van der Waals surface area (Å²) in [5, 5.41) is 10.2. The maximum absolute atomic E-state index is 16.4. The number of ether oxygens (including phenoxy) is 1. The Morgan fingerprint density at radius 2 is 2.13 bits per heavy atom. The van der Waals surface area contributed by atoms with Crippen LogP contribution in [0.5, 0.6) is 5.75 Å². The zero-order valence-corrected chi connectivity index (χ0v) is 22.7. The second-order valence-electron chi connectivity index (χ2n) is 9.88. The van der Waals surface area contributed by atoms with E-state index in [1.165, 1.54) is 12.1 Å². The van der Waals surface area contributed by atoms with Gasteiger partial charge in [-0.15, -0.1) is 11.3 Å². The number of hydrogen-bond acceptors (Lipinski definition) is 7. The fourth-order valence-corrected chi connectivity index (χ4v) is 6.98. The third-order valence-corrected chi connectivity index (χ3v) is 9.19. The largest absolute Gasteiger partial charge is 0.484 e. The van der Waals surface area contributed by atoms with E-state index in [1.54, 1.807) is 13.0 Å². The molecule has 4 heterocycles. The summed E-state index contributed by atoms with van der Waals surface area (Å²) in [6.45, 7) is 15.9. The van der Waals surface area contributed by atoms with E-state index < -0.39 is 11.6 Å². The summed E-state index contributed by atoms with van der Waals surface area (Å²) in [6.07, 6.45) is 2.34. The van der Waals surface area contributed by atoms with Gasteiger partial charge in [-0.1, -0.05) is 37.4 Å². The number of rotatable bonds is 4.